The largest absolute Gasteiger partial charge is 0.478 e. The minimum absolute atomic E-state index is 0.292. The number of sulfone groups is 1. The molecule has 1 N–H and O–H groups in total. The minimum Gasteiger partial charge on any atom is -0.478 e. The van der Waals surface area contributed by atoms with Gasteiger partial charge in [-0.25, -0.2) is 17.6 Å². The quantitative estimate of drug-likeness (QED) is 0.779. The van der Waals surface area contributed by atoms with E-state index in [2.05, 4.69) is 0 Å². The molecule has 1 aromatic carbocycles. The lowest BCUT2D eigenvalue weighted by Crippen LogP contribution is -2.00. The second-order valence-electron chi connectivity index (χ2n) is 2.99. The number of rotatable bonds is 1. The van der Waals surface area contributed by atoms with E-state index in [0.717, 1.165) is 6.07 Å². The molecular weight excluding hydrogens is 223 g/mol. The summed E-state index contributed by atoms with van der Waals surface area (Å²) in [7, 11) is -3.81. The van der Waals surface area contributed by atoms with Crippen LogP contribution < -0.4 is 0 Å². The number of benzene rings is 1. The summed E-state index contributed by atoms with van der Waals surface area (Å²) in [6.07, 6.45) is 0. The van der Waals surface area contributed by atoms with Crippen LogP contribution in [-0.4, -0.2) is 19.5 Å². The smallest absolute Gasteiger partial charge is 0.337 e. The fourth-order valence-electron chi connectivity index (χ4n) is 1.44. The van der Waals surface area contributed by atoms with Crippen LogP contribution >= 0.6 is 0 Å². The molecule has 4 nitrogen and oxygen atoms in total. The first kappa shape index (κ1) is 9.85. The van der Waals surface area contributed by atoms with E-state index in [0.29, 0.717) is 5.41 Å². The monoisotopic (exact) mass is 228 g/mol. The van der Waals surface area contributed by atoms with Crippen molar-refractivity contribution in [1.29, 1.82) is 0 Å². The van der Waals surface area contributed by atoms with Gasteiger partial charge in [-0.3, -0.25) is 0 Å². The number of halogens is 1. The van der Waals surface area contributed by atoms with Gasteiger partial charge in [0.2, 0.25) is 9.84 Å². The van der Waals surface area contributed by atoms with Crippen molar-refractivity contribution >= 4 is 21.4 Å². The van der Waals surface area contributed by atoms with Crippen molar-refractivity contribution < 1.29 is 22.7 Å². The molecule has 0 saturated carbocycles. The summed E-state index contributed by atoms with van der Waals surface area (Å²) in [5.74, 6) is -2.30. The Kier molecular flexibility index (Phi) is 1.90. The Morgan fingerprint density at radius 2 is 2.00 bits per heavy atom. The van der Waals surface area contributed by atoms with Gasteiger partial charge in [0.25, 0.3) is 0 Å². The zero-order valence-corrected chi connectivity index (χ0v) is 8.08. The first-order valence-electron chi connectivity index (χ1n) is 3.92. The van der Waals surface area contributed by atoms with Crippen LogP contribution in [0.2, 0.25) is 0 Å². The SMILES string of the molecule is O=C(O)C1=CS(=O)(=O)c2cccc(F)c21. The molecule has 78 valence electrons. The zero-order chi connectivity index (χ0) is 11.2. The highest BCUT2D eigenvalue weighted by Gasteiger charge is 2.32. The molecule has 6 heteroatoms. The van der Waals surface area contributed by atoms with Gasteiger partial charge in [0, 0.05) is 5.56 Å². The van der Waals surface area contributed by atoms with Crippen LogP contribution in [0.5, 0.6) is 0 Å². The van der Waals surface area contributed by atoms with Gasteiger partial charge < -0.3 is 5.11 Å². The van der Waals surface area contributed by atoms with Crippen LogP contribution in [0.3, 0.4) is 0 Å². The molecule has 15 heavy (non-hydrogen) atoms. The van der Waals surface area contributed by atoms with Gasteiger partial charge in [-0.2, -0.15) is 0 Å². The molecule has 0 amide bonds. The Morgan fingerprint density at radius 1 is 1.33 bits per heavy atom. The van der Waals surface area contributed by atoms with E-state index in [1.807, 2.05) is 0 Å². The third kappa shape index (κ3) is 1.33. The summed E-state index contributed by atoms with van der Waals surface area (Å²) in [6.45, 7) is 0. The number of aliphatic carboxylic acids is 1. The highest BCUT2D eigenvalue weighted by Crippen LogP contribution is 2.34. The number of hydrogen-bond donors (Lipinski definition) is 1. The van der Waals surface area contributed by atoms with E-state index in [9.17, 15) is 17.6 Å². The van der Waals surface area contributed by atoms with Gasteiger partial charge in [-0.1, -0.05) is 6.07 Å². The molecule has 1 aliphatic rings. The fraction of sp³-hybridized carbons (Fsp3) is 0. The van der Waals surface area contributed by atoms with Gasteiger partial charge in [0.1, 0.15) is 5.82 Å². The molecule has 0 bridgehead atoms. The van der Waals surface area contributed by atoms with Crippen molar-refractivity contribution in [3.8, 4) is 0 Å². The number of carboxylic acids is 1. The predicted octanol–water partition coefficient (Wildman–Crippen LogP) is 1.04. The molecule has 0 saturated heterocycles. The molecule has 0 unspecified atom stereocenters. The molecule has 1 aliphatic heterocycles. The number of fused-ring (bicyclic) bond motifs is 1. The lowest BCUT2D eigenvalue weighted by atomic mass is 10.1. The molecular formula is C9H5FO4S. The van der Waals surface area contributed by atoms with Crippen molar-refractivity contribution in [3.05, 3.63) is 35.0 Å². The molecule has 1 aromatic rings. The van der Waals surface area contributed by atoms with E-state index < -0.39 is 27.2 Å². The van der Waals surface area contributed by atoms with Crippen LogP contribution in [0.15, 0.2) is 28.5 Å². The maximum atomic E-state index is 13.3. The summed E-state index contributed by atoms with van der Waals surface area (Å²) in [6, 6.07) is 3.43. The van der Waals surface area contributed by atoms with E-state index in [-0.39, 0.29) is 10.5 Å². The van der Waals surface area contributed by atoms with E-state index in [1.165, 1.54) is 12.1 Å². The predicted molar refractivity (Wildman–Crippen MR) is 49.2 cm³/mol. The molecule has 2 rings (SSSR count). The standard InChI is InChI=1S/C9H5FO4S/c10-6-2-1-3-7-8(6)5(9(11)12)4-15(7,13)14/h1-4H,(H,11,12). The zero-order valence-electron chi connectivity index (χ0n) is 7.27. The Balaban J connectivity index is 2.86. The van der Waals surface area contributed by atoms with Gasteiger partial charge in [-0.15, -0.1) is 0 Å². The average Bonchev–Trinajstić information content (AvgIpc) is 2.40. The number of hydrogen-bond acceptors (Lipinski definition) is 3. The summed E-state index contributed by atoms with van der Waals surface area (Å²) in [4.78, 5) is 10.4. The maximum absolute atomic E-state index is 13.3. The van der Waals surface area contributed by atoms with Crippen LogP contribution in [0, 0.1) is 5.82 Å². The summed E-state index contributed by atoms with van der Waals surface area (Å²) >= 11 is 0. The first-order valence-corrected chi connectivity index (χ1v) is 5.47. The highest BCUT2D eigenvalue weighted by atomic mass is 32.2. The van der Waals surface area contributed by atoms with Crippen molar-refractivity contribution in [3.63, 3.8) is 0 Å². The van der Waals surface area contributed by atoms with E-state index in [4.69, 9.17) is 5.11 Å². The van der Waals surface area contributed by atoms with Crippen LogP contribution in [0.25, 0.3) is 5.57 Å². The summed E-state index contributed by atoms with van der Waals surface area (Å²) in [5.41, 5.74) is -0.881. The topological polar surface area (TPSA) is 71.4 Å². The second kappa shape index (κ2) is 2.90. The van der Waals surface area contributed by atoms with Crippen LogP contribution in [0.1, 0.15) is 5.56 Å². The van der Waals surface area contributed by atoms with E-state index in [1.54, 1.807) is 0 Å². The normalized spacial score (nSPS) is 17.0. The molecule has 0 fully saturated rings. The lowest BCUT2D eigenvalue weighted by Gasteiger charge is -2.00. The fourth-order valence-corrected chi connectivity index (χ4v) is 2.85. The highest BCUT2D eigenvalue weighted by molar-refractivity contribution is 7.95. The molecule has 0 aliphatic carbocycles. The Hall–Kier alpha value is -1.69. The van der Waals surface area contributed by atoms with Crippen molar-refractivity contribution in [2.75, 3.05) is 0 Å². The number of carboxylic acid groups (broad SMARTS) is 1. The molecule has 0 spiro atoms. The van der Waals surface area contributed by atoms with Crippen molar-refractivity contribution in [1.82, 2.24) is 0 Å². The van der Waals surface area contributed by atoms with Crippen molar-refractivity contribution in [2.24, 2.45) is 0 Å². The van der Waals surface area contributed by atoms with Crippen molar-refractivity contribution in [2.45, 2.75) is 4.90 Å². The summed E-state index contributed by atoms with van der Waals surface area (Å²) in [5, 5.41) is 9.29. The Labute approximate surface area is 84.6 Å². The van der Waals surface area contributed by atoms with Crippen LogP contribution in [0.4, 0.5) is 4.39 Å². The molecule has 0 aromatic heterocycles. The van der Waals surface area contributed by atoms with Gasteiger partial charge >= 0.3 is 5.97 Å². The third-order valence-corrected chi connectivity index (χ3v) is 3.55. The second-order valence-corrected chi connectivity index (χ2v) is 4.76. The molecule has 0 radical (unpaired) electrons. The first-order chi connectivity index (χ1) is 6.93. The molecule has 0 atom stereocenters. The molecule has 1 heterocycles. The van der Waals surface area contributed by atoms with Gasteiger partial charge in [0.15, 0.2) is 0 Å². The van der Waals surface area contributed by atoms with Gasteiger partial charge in [0.05, 0.1) is 15.9 Å². The number of carbonyl (C=O) groups is 1. The third-order valence-electron chi connectivity index (χ3n) is 2.05. The van der Waals surface area contributed by atoms with Gasteiger partial charge in [-0.05, 0) is 12.1 Å². The minimum atomic E-state index is -3.81. The van der Waals surface area contributed by atoms with Crippen LogP contribution in [-0.2, 0) is 14.6 Å². The summed E-state index contributed by atoms with van der Waals surface area (Å²) < 4.78 is 36.1. The maximum Gasteiger partial charge on any atom is 0.337 e. The Morgan fingerprint density at radius 3 is 2.60 bits per heavy atom. The van der Waals surface area contributed by atoms with E-state index >= 15 is 0 Å². The average molecular weight is 228 g/mol. The lowest BCUT2D eigenvalue weighted by molar-refractivity contribution is -0.130. The Bertz CT molecular complexity index is 586.